The summed E-state index contributed by atoms with van der Waals surface area (Å²) in [6.07, 6.45) is 38.8. The molecule has 0 spiro atoms. The number of benzene rings is 10. The van der Waals surface area contributed by atoms with Crippen LogP contribution in [0.4, 0.5) is 11.4 Å². The third kappa shape index (κ3) is 27.8. The van der Waals surface area contributed by atoms with Crippen LogP contribution in [0.1, 0.15) is 0 Å². The summed E-state index contributed by atoms with van der Waals surface area (Å²) in [4.78, 5) is 67.9. The van der Waals surface area contributed by atoms with Gasteiger partial charge in [0.05, 0.1) is 74.9 Å². The average molecular weight is 1870 g/mol. The van der Waals surface area contributed by atoms with Gasteiger partial charge >= 0.3 is 5.69 Å². The van der Waals surface area contributed by atoms with Gasteiger partial charge in [-0.15, -0.1) is 10.2 Å². The van der Waals surface area contributed by atoms with Crippen LogP contribution in [-0.2, 0) is 4.79 Å². The lowest BCUT2D eigenvalue weighted by Gasteiger charge is -2.17. The van der Waals surface area contributed by atoms with E-state index >= 15 is 0 Å². The fraction of sp³-hybridized carbons (Fsp3) is 0.0286. The number of amides is 1. The van der Waals surface area contributed by atoms with Gasteiger partial charge in [0.15, 0.2) is 41.2 Å². The van der Waals surface area contributed by atoms with Crippen molar-refractivity contribution in [3.05, 3.63) is 469 Å². The SMILES string of the molecule is O=C1COc2ccccc2N1.O=c1[nH]nc2ccccn12.c1ccc2[nH]ccc2c1.c1ccc2[nH]cnc2c1.c1ccc2[nH]ncc2c1.c1ccc2[nH]ncc2c1.c1ccc2c(c1)NCCO2.c1ccc2n[nH]nc2c1.c1ccc2nccnc2c1.c1ccc2ncncc2c1.c1ccc2ocnc2c1.c1ccn2ccnc2c1.c1ccn2cnnc2c1.c1ccn2ncnc2c1.c1cn2ccnc2cn1. The fourth-order valence-corrected chi connectivity index (χ4v) is 13.2. The highest BCUT2D eigenvalue weighted by atomic mass is 16.5. The van der Waals surface area contributed by atoms with E-state index in [0.29, 0.717) is 5.65 Å². The number of imidazole rings is 3. The van der Waals surface area contributed by atoms with E-state index in [1.165, 1.54) is 28.0 Å². The quantitative estimate of drug-likeness (QED) is 0.0699. The molecule has 36 nitrogen and oxygen atoms in total. The van der Waals surface area contributed by atoms with E-state index in [1.54, 1.807) is 79.0 Å². The van der Waals surface area contributed by atoms with Gasteiger partial charge in [0.25, 0.3) is 5.91 Å². The number of pyridine rings is 4. The first-order valence-corrected chi connectivity index (χ1v) is 43.9. The Morgan fingerprint density at radius 3 is 1.56 bits per heavy atom. The number of hydrogen-bond acceptors (Lipinski definition) is 24. The van der Waals surface area contributed by atoms with E-state index in [2.05, 4.69) is 150 Å². The molecular weight excluding hydrogens is 1780 g/mol. The number of anilines is 2. The maximum absolute atomic E-state index is 10.8. The molecule has 2 aliphatic heterocycles. The molecule has 10 aromatic carbocycles. The number of nitrogens with one attached hydrogen (secondary N) is 8. The van der Waals surface area contributed by atoms with Crippen LogP contribution in [0.25, 0.3) is 116 Å². The molecule has 30 rings (SSSR count). The smallest absolute Gasteiger partial charge is 0.347 e. The monoisotopic (exact) mass is 1860 g/mol. The van der Waals surface area contributed by atoms with E-state index in [1.807, 2.05) is 366 Å². The van der Waals surface area contributed by atoms with E-state index in [0.717, 1.165) is 136 Å². The summed E-state index contributed by atoms with van der Waals surface area (Å²) in [5, 5.41) is 52.0. The zero-order valence-corrected chi connectivity index (χ0v) is 75.2. The number of H-pyrrole nitrogens is 6. The standard InChI is InChI=1S/2C8H6N2.C8H7NO2.C8H9NO.C8H7N.4C7H6N2.C7H5NO.C6H5N3O.4C6H5N3/c1-2-4-8-7(3-1)5-9-6-10-8;1-2-4-8-7(3-1)9-5-6-10-8;10-8-5-11-7-4-2-1-3-6(7)9-8;1-2-4-8-7(3-1)9-5-6-10-8;1-2-4-8-7(3-1)5-6-9-8;1-2-5-9-6-4-8-7(9)3-1;1-2-4-7-6(3-1)8-5-9-7;2*1-2-4-7-6(3-1)5-8-9-7;1-2-4-7-6(3-1)8-5-9-7;10-6-8-7-5-3-1-2-4-9(5)6;1-3-9-4-2-8-6(9)5-7-1;1-2-4-9-5-7-8-6(9)3-1;1-2-4-9-6(3-1)7-5-8-9;1-2-4-6-5(3-1)7-9-8-6/h2*1-6H;1-4H,5H2,(H,9,10);1-4,9H,5-6H2;1-6,9H;1-6H;3*1-5H,(H,8,9);1-5H;1-4H,(H,8,10);3*1-5H;1-4H,(H,7,8,9). The van der Waals surface area contributed by atoms with Gasteiger partial charge in [-0.2, -0.15) is 35.8 Å². The summed E-state index contributed by atoms with van der Waals surface area (Å²) in [7, 11) is 0. The highest BCUT2D eigenvalue weighted by Crippen LogP contribution is 2.27. The van der Waals surface area contributed by atoms with Crippen molar-refractivity contribution in [1.29, 1.82) is 0 Å². The first-order chi connectivity index (χ1) is 69.8. The molecule has 18 aromatic heterocycles. The zero-order valence-electron chi connectivity index (χ0n) is 75.2. The normalized spacial score (nSPS) is 10.9. The second kappa shape index (κ2) is 50.4. The number of nitrogens with zero attached hydrogens (tertiary/aromatic N) is 23. The number of carbonyl (C=O) groups excluding carboxylic acids is 1. The summed E-state index contributed by atoms with van der Waals surface area (Å²) < 4.78 is 24.4. The topological polar surface area (TPSA) is 439 Å². The van der Waals surface area contributed by atoms with Gasteiger partial charge in [-0.25, -0.2) is 49.3 Å². The Bertz CT molecular complexity index is 7010. The number of aromatic amines is 6. The molecule has 0 aliphatic carbocycles. The molecule has 0 atom stereocenters. The second-order valence-corrected chi connectivity index (χ2v) is 29.4. The van der Waals surface area contributed by atoms with E-state index in [4.69, 9.17) is 13.9 Å². The minimum atomic E-state index is -0.199. The Kier molecular flexibility index (Phi) is 33.5. The highest BCUT2D eigenvalue weighted by molar-refractivity contribution is 5.95. The van der Waals surface area contributed by atoms with E-state index in [-0.39, 0.29) is 18.2 Å². The van der Waals surface area contributed by atoms with E-state index < -0.39 is 0 Å². The molecule has 2 aliphatic rings. The van der Waals surface area contributed by atoms with E-state index in [9.17, 15) is 9.59 Å². The van der Waals surface area contributed by atoms with Crippen LogP contribution in [0.5, 0.6) is 11.5 Å². The molecule has 141 heavy (non-hydrogen) atoms. The fourth-order valence-electron chi connectivity index (χ4n) is 13.2. The molecule has 0 fully saturated rings. The molecular formula is C105H89N31O5. The average Bonchev–Trinajstić information content (AvgIpc) is 1.56. The predicted molar refractivity (Wildman–Crippen MR) is 545 cm³/mol. The van der Waals surface area contributed by atoms with Crippen LogP contribution in [0.2, 0.25) is 0 Å². The number of fused-ring (bicyclic) bond motifs is 15. The summed E-state index contributed by atoms with van der Waals surface area (Å²) in [6.45, 7) is 1.81. The maximum atomic E-state index is 10.8. The second-order valence-electron chi connectivity index (χ2n) is 29.4. The third-order valence-electron chi connectivity index (χ3n) is 20.0. The molecule has 36 heteroatoms. The van der Waals surface area contributed by atoms with Crippen LogP contribution < -0.4 is 25.8 Å². The molecule has 0 saturated heterocycles. The molecule has 0 bridgehead atoms. The Balaban J connectivity index is 0.000000109. The van der Waals surface area contributed by atoms with Crippen LogP contribution in [0.15, 0.2) is 468 Å². The Morgan fingerprint density at radius 2 is 0.901 bits per heavy atom. The van der Waals surface area contributed by atoms with Gasteiger partial charge < -0.3 is 43.3 Å². The summed E-state index contributed by atoms with van der Waals surface area (Å²) in [5.74, 6) is 1.62. The minimum absolute atomic E-state index is 0.0938. The van der Waals surface area contributed by atoms with Crippen molar-refractivity contribution in [2.45, 2.75) is 0 Å². The molecule has 28 aromatic rings. The number of aromatic nitrogens is 29. The number of para-hydroxylation sites is 16. The molecule has 1 amide bonds. The number of oxazole rings is 1. The summed E-state index contributed by atoms with van der Waals surface area (Å²) in [5.41, 5.74) is 18.0. The van der Waals surface area contributed by atoms with Crippen LogP contribution in [0.3, 0.4) is 0 Å². The number of ether oxygens (including phenoxy) is 2. The van der Waals surface area contributed by atoms with Gasteiger partial charge in [-0.1, -0.05) is 170 Å². The summed E-state index contributed by atoms with van der Waals surface area (Å²) in [6, 6.07) is 104. The lowest BCUT2D eigenvalue weighted by Crippen LogP contribution is -2.25. The number of hydrogen-bond donors (Lipinski definition) is 8. The Hall–Kier alpha value is -20.5. The zero-order chi connectivity index (χ0) is 96.1. The lowest BCUT2D eigenvalue weighted by atomic mass is 10.2. The first kappa shape index (κ1) is 93.8. The van der Waals surface area contributed by atoms with Crippen molar-refractivity contribution in [2.75, 3.05) is 30.4 Å². The molecule has 0 radical (unpaired) electrons. The van der Waals surface area contributed by atoms with Gasteiger partial charge in [-0.05, 0) is 157 Å². The van der Waals surface area contributed by atoms with Gasteiger partial charge in [-0.3, -0.25) is 38.7 Å². The van der Waals surface area contributed by atoms with Crippen molar-refractivity contribution >= 4 is 133 Å². The van der Waals surface area contributed by atoms with Crippen molar-refractivity contribution in [2.24, 2.45) is 0 Å². The predicted octanol–water partition coefficient (Wildman–Crippen LogP) is 19.0. The van der Waals surface area contributed by atoms with Crippen LogP contribution in [0, 0.1) is 0 Å². The van der Waals surface area contributed by atoms with Crippen molar-refractivity contribution in [3.8, 4) is 11.5 Å². The van der Waals surface area contributed by atoms with Crippen LogP contribution >= 0.6 is 0 Å². The Morgan fingerprint density at radius 1 is 0.340 bits per heavy atom. The maximum Gasteiger partial charge on any atom is 0.347 e. The number of carbonyl (C=O) groups is 1. The third-order valence-corrected chi connectivity index (χ3v) is 20.0. The summed E-state index contributed by atoms with van der Waals surface area (Å²) >= 11 is 0. The molecule has 0 unspecified atom stereocenters. The minimum Gasteiger partial charge on any atom is -0.490 e. The number of rotatable bonds is 0. The van der Waals surface area contributed by atoms with Crippen LogP contribution in [-0.4, -0.2) is 169 Å². The Labute approximate surface area is 801 Å². The van der Waals surface area contributed by atoms with Gasteiger partial charge in [0, 0.05) is 115 Å². The molecule has 8 N–H and O–H groups in total. The van der Waals surface area contributed by atoms with Crippen molar-refractivity contribution < 1.29 is 18.7 Å². The van der Waals surface area contributed by atoms with Crippen molar-refractivity contribution in [3.63, 3.8) is 0 Å². The van der Waals surface area contributed by atoms with Crippen molar-refractivity contribution in [1.82, 2.24) is 143 Å². The molecule has 0 saturated carbocycles. The van der Waals surface area contributed by atoms with Gasteiger partial charge in [0.2, 0.25) is 0 Å². The molecule has 20 heterocycles. The lowest BCUT2D eigenvalue weighted by molar-refractivity contribution is -0.118. The van der Waals surface area contributed by atoms with Gasteiger partial charge in [0.1, 0.15) is 59.3 Å². The highest BCUT2D eigenvalue weighted by Gasteiger charge is 2.14. The molecule has 694 valence electrons. The first-order valence-electron chi connectivity index (χ1n) is 43.9. The largest absolute Gasteiger partial charge is 0.490 e.